The van der Waals surface area contributed by atoms with E-state index in [4.69, 9.17) is 5.26 Å². The summed E-state index contributed by atoms with van der Waals surface area (Å²) in [6.07, 6.45) is 7.64. The van der Waals surface area contributed by atoms with Crippen molar-refractivity contribution in [3.05, 3.63) is 23.4 Å². The Morgan fingerprint density at radius 3 is 2.43 bits per heavy atom. The number of allylic oxidation sites excluding steroid dienone is 4. The van der Waals surface area contributed by atoms with Crippen LogP contribution in [0.2, 0.25) is 0 Å². The fourth-order valence-corrected chi connectivity index (χ4v) is 1.81. The zero-order valence-corrected chi connectivity index (χ0v) is 9.08. The summed E-state index contributed by atoms with van der Waals surface area (Å²) in [4.78, 5) is 2.40. The Bertz CT molecular complexity index is 275. The summed E-state index contributed by atoms with van der Waals surface area (Å²) < 4.78 is 0. The Morgan fingerprint density at radius 1 is 1.21 bits per heavy atom. The third-order valence-electron chi connectivity index (χ3n) is 2.58. The molecule has 1 saturated heterocycles. The topological polar surface area (TPSA) is 27.0 Å². The van der Waals surface area contributed by atoms with Gasteiger partial charge < -0.3 is 4.90 Å². The van der Waals surface area contributed by atoms with Gasteiger partial charge >= 0.3 is 0 Å². The summed E-state index contributed by atoms with van der Waals surface area (Å²) in [7, 11) is 0. The standard InChI is InChI=1S/C12H18N2/c1-11(6-7-13)10-12(2)14-8-4-3-5-9-14/h6,10H,3-5,8-9H2,1-2H3. The summed E-state index contributed by atoms with van der Waals surface area (Å²) in [6, 6.07) is 2.05. The Hall–Kier alpha value is -1.23. The van der Waals surface area contributed by atoms with Crippen LogP contribution in [0.3, 0.4) is 0 Å². The molecule has 0 radical (unpaired) electrons. The van der Waals surface area contributed by atoms with E-state index in [1.54, 1.807) is 6.08 Å². The van der Waals surface area contributed by atoms with Crippen LogP contribution >= 0.6 is 0 Å². The zero-order chi connectivity index (χ0) is 10.4. The second-order valence-corrected chi connectivity index (χ2v) is 3.85. The van der Waals surface area contributed by atoms with Crippen LogP contribution in [0.25, 0.3) is 0 Å². The van der Waals surface area contributed by atoms with Crippen molar-refractivity contribution in [1.82, 2.24) is 4.90 Å². The molecule has 0 saturated carbocycles. The second kappa shape index (κ2) is 5.49. The lowest BCUT2D eigenvalue weighted by Crippen LogP contribution is -2.27. The van der Waals surface area contributed by atoms with E-state index in [1.807, 2.05) is 6.92 Å². The van der Waals surface area contributed by atoms with Gasteiger partial charge in [0.1, 0.15) is 0 Å². The van der Waals surface area contributed by atoms with E-state index in [9.17, 15) is 0 Å². The maximum Gasteiger partial charge on any atom is 0.0914 e. The van der Waals surface area contributed by atoms with Gasteiger partial charge in [-0.2, -0.15) is 5.26 Å². The molecule has 0 unspecified atom stereocenters. The third-order valence-corrected chi connectivity index (χ3v) is 2.58. The van der Waals surface area contributed by atoms with Gasteiger partial charge in [-0.3, -0.25) is 0 Å². The molecule has 0 aliphatic carbocycles. The van der Waals surface area contributed by atoms with E-state index in [1.165, 1.54) is 38.0 Å². The quantitative estimate of drug-likeness (QED) is 0.494. The van der Waals surface area contributed by atoms with E-state index in [0.717, 1.165) is 5.57 Å². The molecule has 2 heteroatoms. The minimum Gasteiger partial charge on any atom is -0.375 e. The van der Waals surface area contributed by atoms with Crippen molar-refractivity contribution < 1.29 is 0 Å². The van der Waals surface area contributed by atoms with Crippen LogP contribution in [0.15, 0.2) is 23.4 Å². The summed E-state index contributed by atoms with van der Waals surface area (Å²) in [5.41, 5.74) is 2.32. The van der Waals surface area contributed by atoms with Gasteiger partial charge in [0, 0.05) is 24.9 Å². The molecule has 0 amide bonds. The summed E-state index contributed by atoms with van der Waals surface area (Å²) >= 11 is 0. The normalized spacial score (nSPS) is 19.4. The van der Waals surface area contributed by atoms with E-state index in [0.29, 0.717) is 0 Å². The molecule has 0 N–H and O–H groups in total. The first-order valence-electron chi connectivity index (χ1n) is 5.23. The van der Waals surface area contributed by atoms with E-state index in [-0.39, 0.29) is 0 Å². The SMILES string of the molecule is CC(=CC#N)C=C(C)N1CCCCC1. The number of nitriles is 1. The number of hydrogen-bond donors (Lipinski definition) is 0. The number of nitrogens with zero attached hydrogens (tertiary/aromatic N) is 2. The summed E-state index contributed by atoms with van der Waals surface area (Å²) in [5.74, 6) is 0. The summed E-state index contributed by atoms with van der Waals surface area (Å²) in [6.45, 7) is 6.43. The van der Waals surface area contributed by atoms with Crippen LogP contribution in [0.4, 0.5) is 0 Å². The molecule has 1 fully saturated rings. The van der Waals surface area contributed by atoms with Crippen LogP contribution in [-0.4, -0.2) is 18.0 Å². The van der Waals surface area contributed by atoms with E-state index < -0.39 is 0 Å². The molecule has 1 aliphatic rings. The van der Waals surface area contributed by atoms with E-state index >= 15 is 0 Å². The lowest BCUT2D eigenvalue weighted by Gasteiger charge is -2.29. The minimum absolute atomic E-state index is 1.04. The monoisotopic (exact) mass is 190 g/mol. The first kappa shape index (κ1) is 10.8. The third kappa shape index (κ3) is 3.26. The highest BCUT2D eigenvalue weighted by atomic mass is 15.1. The van der Waals surface area contributed by atoms with Crippen molar-refractivity contribution in [1.29, 1.82) is 5.26 Å². The van der Waals surface area contributed by atoms with Crippen LogP contribution < -0.4 is 0 Å². The maximum atomic E-state index is 8.49. The van der Waals surface area contributed by atoms with Gasteiger partial charge in [0.25, 0.3) is 0 Å². The fraction of sp³-hybridized carbons (Fsp3) is 0.583. The Labute approximate surface area is 86.5 Å². The highest BCUT2D eigenvalue weighted by molar-refractivity contribution is 5.25. The average molecular weight is 190 g/mol. The van der Waals surface area contributed by atoms with Gasteiger partial charge in [0.15, 0.2) is 0 Å². The molecule has 76 valence electrons. The average Bonchev–Trinajstić information content (AvgIpc) is 2.19. The van der Waals surface area contributed by atoms with Gasteiger partial charge in [-0.1, -0.05) is 0 Å². The molecule has 0 bridgehead atoms. The van der Waals surface area contributed by atoms with E-state index in [2.05, 4.69) is 24.0 Å². The number of likely N-dealkylation sites (tertiary alicyclic amines) is 1. The lowest BCUT2D eigenvalue weighted by atomic mass is 10.1. The molecule has 0 spiro atoms. The van der Waals surface area contributed by atoms with Crippen molar-refractivity contribution in [3.8, 4) is 6.07 Å². The van der Waals surface area contributed by atoms with Crippen LogP contribution in [0.5, 0.6) is 0 Å². The molecule has 1 aliphatic heterocycles. The van der Waals surface area contributed by atoms with Crippen LogP contribution in [-0.2, 0) is 0 Å². The van der Waals surface area contributed by atoms with Gasteiger partial charge in [-0.25, -0.2) is 0 Å². The smallest absolute Gasteiger partial charge is 0.0914 e. The predicted octanol–water partition coefficient (Wildman–Crippen LogP) is 2.85. The Morgan fingerprint density at radius 2 is 1.86 bits per heavy atom. The molecule has 0 aromatic carbocycles. The van der Waals surface area contributed by atoms with Crippen molar-refractivity contribution in [3.63, 3.8) is 0 Å². The van der Waals surface area contributed by atoms with Crippen molar-refractivity contribution >= 4 is 0 Å². The van der Waals surface area contributed by atoms with Gasteiger partial charge in [0.2, 0.25) is 0 Å². The zero-order valence-electron chi connectivity index (χ0n) is 9.08. The van der Waals surface area contributed by atoms with Crippen molar-refractivity contribution in [2.45, 2.75) is 33.1 Å². The molecule has 0 atom stereocenters. The van der Waals surface area contributed by atoms with Crippen LogP contribution in [0, 0.1) is 11.3 Å². The molecule has 14 heavy (non-hydrogen) atoms. The maximum absolute atomic E-state index is 8.49. The first-order valence-corrected chi connectivity index (χ1v) is 5.23. The van der Waals surface area contributed by atoms with Gasteiger partial charge in [-0.05, 0) is 44.8 Å². The number of hydrogen-bond acceptors (Lipinski definition) is 2. The van der Waals surface area contributed by atoms with Crippen molar-refractivity contribution in [2.24, 2.45) is 0 Å². The Balaban J connectivity index is 2.59. The molecular weight excluding hydrogens is 172 g/mol. The van der Waals surface area contributed by atoms with Gasteiger partial charge in [0.05, 0.1) is 6.07 Å². The second-order valence-electron chi connectivity index (χ2n) is 3.85. The van der Waals surface area contributed by atoms with Crippen molar-refractivity contribution in [2.75, 3.05) is 13.1 Å². The largest absolute Gasteiger partial charge is 0.375 e. The number of piperidine rings is 1. The molecule has 0 aromatic heterocycles. The highest BCUT2D eigenvalue weighted by Gasteiger charge is 2.09. The summed E-state index contributed by atoms with van der Waals surface area (Å²) in [5, 5.41) is 8.49. The molecule has 2 nitrogen and oxygen atoms in total. The Kier molecular flexibility index (Phi) is 4.25. The predicted molar refractivity (Wildman–Crippen MR) is 58.6 cm³/mol. The molecule has 0 aromatic rings. The fourth-order valence-electron chi connectivity index (χ4n) is 1.81. The number of rotatable bonds is 2. The van der Waals surface area contributed by atoms with Crippen LogP contribution in [0.1, 0.15) is 33.1 Å². The first-order chi connectivity index (χ1) is 6.74. The molecule has 1 heterocycles. The molecular formula is C12H18N2. The van der Waals surface area contributed by atoms with Gasteiger partial charge in [-0.15, -0.1) is 0 Å². The highest BCUT2D eigenvalue weighted by Crippen LogP contribution is 2.15. The minimum atomic E-state index is 1.04. The molecule has 1 rings (SSSR count). The lowest BCUT2D eigenvalue weighted by molar-refractivity contribution is 0.286.